The number of rotatable bonds is 5. The van der Waals surface area contributed by atoms with Crippen LogP contribution in [0.1, 0.15) is 5.56 Å². The molecule has 0 aliphatic carbocycles. The lowest BCUT2D eigenvalue weighted by Gasteiger charge is -2.08. The summed E-state index contributed by atoms with van der Waals surface area (Å²) in [5.74, 6) is 0.0201. The topological polar surface area (TPSA) is 85.1 Å². The monoisotopic (exact) mass is 425 g/mol. The van der Waals surface area contributed by atoms with Crippen LogP contribution in [0.4, 0.5) is 5.88 Å². The van der Waals surface area contributed by atoms with E-state index in [1.807, 2.05) is 13.0 Å². The van der Waals surface area contributed by atoms with Gasteiger partial charge in [-0.2, -0.15) is 0 Å². The molecule has 29 heavy (non-hydrogen) atoms. The molecule has 4 rings (SSSR count). The molecule has 2 heterocycles. The molecule has 0 amide bonds. The number of pyridine rings is 1. The molecule has 6 nitrogen and oxygen atoms in total. The predicted molar refractivity (Wildman–Crippen MR) is 112 cm³/mol. The Labute approximate surface area is 173 Å². The third-order valence-electron chi connectivity index (χ3n) is 4.32. The summed E-state index contributed by atoms with van der Waals surface area (Å²) in [5, 5.41) is 4.65. The number of aryl methyl sites for hydroxylation is 1. The van der Waals surface area contributed by atoms with Crippen LogP contribution in [0.15, 0.2) is 82.5 Å². The molecule has 0 unspecified atom stereocenters. The van der Waals surface area contributed by atoms with Crippen molar-refractivity contribution in [1.29, 1.82) is 0 Å². The Balaban J connectivity index is 1.83. The fourth-order valence-corrected chi connectivity index (χ4v) is 4.06. The van der Waals surface area contributed by atoms with Crippen molar-refractivity contribution in [2.24, 2.45) is 0 Å². The lowest BCUT2D eigenvalue weighted by molar-refractivity contribution is 0.438. The summed E-state index contributed by atoms with van der Waals surface area (Å²) < 4.78 is 33.7. The Hall–Kier alpha value is -3.16. The van der Waals surface area contributed by atoms with Gasteiger partial charge in [0.25, 0.3) is 10.0 Å². The zero-order chi connectivity index (χ0) is 20.4. The minimum absolute atomic E-state index is 0.0201. The highest BCUT2D eigenvalue weighted by Gasteiger charge is 2.24. The molecule has 0 saturated heterocycles. The van der Waals surface area contributed by atoms with E-state index in [-0.39, 0.29) is 10.8 Å². The molecule has 4 aromatic rings. The maximum Gasteiger partial charge on any atom is 0.264 e. The van der Waals surface area contributed by atoms with Gasteiger partial charge in [0.2, 0.25) is 5.88 Å². The van der Waals surface area contributed by atoms with Crippen LogP contribution >= 0.6 is 11.6 Å². The largest absolute Gasteiger partial charge is 0.337 e. The molecule has 0 aliphatic heterocycles. The van der Waals surface area contributed by atoms with E-state index in [0.29, 0.717) is 27.4 Å². The summed E-state index contributed by atoms with van der Waals surface area (Å²) in [6, 6.07) is 17.2. The van der Waals surface area contributed by atoms with Crippen molar-refractivity contribution in [1.82, 2.24) is 10.1 Å². The van der Waals surface area contributed by atoms with E-state index in [1.165, 1.54) is 12.1 Å². The predicted octanol–water partition coefficient (Wildman–Crippen LogP) is 5.17. The SMILES string of the molecule is Cc1ccc(S(=O)(=O)Nc2onc(-c3cccc(Cl)c3)c2-c2ccncc2)cc1. The average molecular weight is 426 g/mol. The molecule has 2 aromatic carbocycles. The molecule has 0 spiro atoms. The summed E-state index contributed by atoms with van der Waals surface area (Å²) in [7, 11) is -3.86. The zero-order valence-corrected chi connectivity index (χ0v) is 16.9. The minimum atomic E-state index is -3.86. The molecule has 1 N–H and O–H groups in total. The highest BCUT2D eigenvalue weighted by Crippen LogP contribution is 2.39. The number of halogens is 1. The van der Waals surface area contributed by atoms with Gasteiger partial charge in [-0.3, -0.25) is 4.98 Å². The van der Waals surface area contributed by atoms with Crippen molar-refractivity contribution < 1.29 is 12.9 Å². The number of aromatic nitrogens is 2. The number of nitrogens with one attached hydrogen (secondary N) is 1. The molecule has 0 aliphatic rings. The van der Waals surface area contributed by atoms with Crippen molar-refractivity contribution in [3.8, 4) is 22.4 Å². The quantitative estimate of drug-likeness (QED) is 0.477. The molecule has 0 fully saturated rings. The van der Waals surface area contributed by atoms with E-state index < -0.39 is 10.0 Å². The first kappa shape index (κ1) is 19.2. The Kier molecular flexibility index (Phi) is 5.08. The molecule has 146 valence electrons. The van der Waals surface area contributed by atoms with Gasteiger partial charge in [0.1, 0.15) is 5.69 Å². The summed E-state index contributed by atoms with van der Waals surface area (Å²) >= 11 is 6.12. The molecular weight excluding hydrogens is 410 g/mol. The van der Waals surface area contributed by atoms with E-state index in [1.54, 1.807) is 54.9 Å². The fourth-order valence-electron chi connectivity index (χ4n) is 2.88. The van der Waals surface area contributed by atoms with Crippen molar-refractivity contribution in [3.05, 3.63) is 83.6 Å². The first-order valence-corrected chi connectivity index (χ1v) is 10.6. The lowest BCUT2D eigenvalue weighted by atomic mass is 10.0. The number of sulfonamides is 1. The van der Waals surface area contributed by atoms with E-state index in [4.69, 9.17) is 16.1 Å². The van der Waals surface area contributed by atoms with Crippen molar-refractivity contribution >= 4 is 27.5 Å². The van der Waals surface area contributed by atoms with Crippen LogP contribution in [-0.2, 0) is 10.0 Å². The van der Waals surface area contributed by atoms with Gasteiger partial charge < -0.3 is 4.52 Å². The summed E-state index contributed by atoms with van der Waals surface area (Å²) in [6.07, 6.45) is 3.23. The Morgan fingerprint density at radius 2 is 1.69 bits per heavy atom. The third kappa shape index (κ3) is 4.01. The number of benzene rings is 2. The molecule has 0 bridgehead atoms. The third-order valence-corrected chi connectivity index (χ3v) is 5.90. The van der Waals surface area contributed by atoms with Crippen LogP contribution in [0.3, 0.4) is 0 Å². The first-order chi connectivity index (χ1) is 13.9. The van der Waals surface area contributed by atoms with E-state index in [0.717, 1.165) is 5.56 Å². The van der Waals surface area contributed by atoms with Crippen molar-refractivity contribution in [3.63, 3.8) is 0 Å². The Morgan fingerprint density at radius 3 is 2.38 bits per heavy atom. The van der Waals surface area contributed by atoms with E-state index >= 15 is 0 Å². The second kappa shape index (κ2) is 7.69. The van der Waals surface area contributed by atoms with Gasteiger partial charge in [-0.05, 0) is 48.9 Å². The van der Waals surface area contributed by atoms with Crippen LogP contribution in [0, 0.1) is 6.92 Å². The lowest BCUT2D eigenvalue weighted by Crippen LogP contribution is -2.13. The first-order valence-electron chi connectivity index (χ1n) is 8.69. The molecule has 2 aromatic heterocycles. The van der Waals surface area contributed by atoms with Gasteiger partial charge in [-0.1, -0.05) is 46.6 Å². The van der Waals surface area contributed by atoms with Gasteiger partial charge in [0.15, 0.2) is 0 Å². The van der Waals surface area contributed by atoms with Gasteiger partial charge in [0.05, 0.1) is 10.5 Å². The summed E-state index contributed by atoms with van der Waals surface area (Å²) in [6.45, 7) is 1.89. The smallest absolute Gasteiger partial charge is 0.264 e. The number of anilines is 1. The molecule has 0 saturated carbocycles. The average Bonchev–Trinajstić information content (AvgIpc) is 3.12. The van der Waals surface area contributed by atoms with Gasteiger partial charge in [0, 0.05) is 23.0 Å². The van der Waals surface area contributed by atoms with Crippen molar-refractivity contribution in [2.75, 3.05) is 4.72 Å². The Morgan fingerprint density at radius 1 is 0.966 bits per heavy atom. The van der Waals surface area contributed by atoms with Gasteiger partial charge in [-0.25, -0.2) is 13.1 Å². The second-order valence-corrected chi connectivity index (χ2v) is 8.52. The maximum atomic E-state index is 12.9. The minimum Gasteiger partial charge on any atom is -0.337 e. The van der Waals surface area contributed by atoms with Crippen molar-refractivity contribution in [2.45, 2.75) is 11.8 Å². The normalized spacial score (nSPS) is 11.4. The molecule has 0 atom stereocenters. The van der Waals surface area contributed by atoms with Gasteiger partial charge in [-0.15, -0.1) is 0 Å². The van der Waals surface area contributed by atoms with Crippen LogP contribution in [0.2, 0.25) is 5.02 Å². The molecule has 0 radical (unpaired) electrons. The second-order valence-electron chi connectivity index (χ2n) is 6.40. The maximum absolute atomic E-state index is 12.9. The van der Waals surface area contributed by atoms with Crippen LogP contribution in [0.5, 0.6) is 0 Å². The zero-order valence-electron chi connectivity index (χ0n) is 15.3. The van der Waals surface area contributed by atoms with E-state index in [9.17, 15) is 8.42 Å². The van der Waals surface area contributed by atoms with Crippen LogP contribution in [-0.4, -0.2) is 18.6 Å². The highest BCUT2D eigenvalue weighted by molar-refractivity contribution is 7.92. The van der Waals surface area contributed by atoms with E-state index in [2.05, 4.69) is 14.9 Å². The standard InChI is InChI=1S/C21H16ClN3O3S/c1-14-5-7-18(8-6-14)29(26,27)25-21-19(15-9-11-23-12-10-15)20(24-28-21)16-3-2-4-17(22)13-16/h2-13,25H,1H3. The number of hydrogen-bond acceptors (Lipinski definition) is 5. The van der Waals surface area contributed by atoms with Gasteiger partial charge >= 0.3 is 0 Å². The number of hydrogen-bond donors (Lipinski definition) is 1. The molecular formula is C21H16ClN3O3S. The highest BCUT2D eigenvalue weighted by atomic mass is 35.5. The summed E-state index contributed by atoms with van der Waals surface area (Å²) in [5.41, 5.74) is 3.35. The molecule has 8 heteroatoms. The Bertz CT molecular complexity index is 1250. The fraction of sp³-hybridized carbons (Fsp3) is 0.0476. The number of nitrogens with zero attached hydrogens (tertiary/aromatic N) is 2. The van der Waals surface area contributed by atoms with Crippen LogP contribution in [0.25, 0.3) is 22.4 Å². The summed E-state index contributed by atoms with van der Waals surface area (Å²) in [4.78, 5) is 4.15. The van der Waals surface area contributed by atoms with Crippen LogP contribution < -0.4 is 4.72 Å².